The summed E-state index contributed by atoms with van der Waals surface area (Å²) in [7, 11) is -3.54. The number of hydrogen-bond donors (Lipinski definition) is 0. The fourth-order valence-corrected chi connectivity index (χ4v) is 6.62. The van der Waals surface area contributed by atoms with Crippen LogP contribution >= 0.6 is 22.7 Å². The van der Waals surface area contributed by atoms with Crippen LogP contribution in [0.15, 0.2) is 52.7 Å². The van der Waals surface area contributed by atoms with Crippen LogP contribution in [-0.2, 0) is 10.0 Å². The number of thiophene rings is 1. The van der Waals surface area contributed by atoms with Gasteiger partial charge in [0, 0.05) is 26.2 Å². The molecule has 0 aliphatic carbocycles. The average molecular weight is 458 g/mol. The third-order valence-electron chi connectivity index (χ3n) is 5.09. The quantitative estimate of drug-likeness (QED) is 0.466. The van der Waals surface area contributed by atoms with Gasteiger partial charge < -0.3 is 4.90 Å². The molecule has 10 heteroatoms. The van der Waals surface area contributed by atoms with Crippen LogP contribution in [0.4, 0.5) is 5.82 Å². The van der Waals surface area contributed by atoms with Gasteiger partial charge in [0.1, 0.15) is 5.69 Å². The molecule has 0 atom stereocenters. The van der Waals surface area contributed by atoms with Gasteiger partial charge in [0.25, 0.3) is 0 Å². The predicted molar refractivity (Wildman–Crippen MR) is 121 cm³/mol. The summed E-state index contributed by atoms with van der Waals surface area (Å²) in [6.07, 6.45) is 0. The summed E-state index contributed by atoms with van der Waals surface area (Å²) >= 11 is 3.14. The Morgan fingerprint density at radius 3 is 2.53 bits per heavy atom. The van der Waals surface area contributed by atoms with Gasteiger partial charge >= 0.3 is 0 Å². The van der Waals surface area contributed by atoms with E-state index in [0.717, 1.165) is 31.6 Å². The monoisotopic (exact) mass is 457 g/mol. The second kappa shape index (κ2) is 7.69. The molecule has 1 saturated heterocycles. The molecule has 1 aliphatic rings. The number of nitrogens with zero attached hydrogens (tertiary/aromatic N) is 5. The van der Waals surface area contributed by atoms with Gasteiger partial charge in [-0.1, -0.05) is 6.07 Å². The molecule has 4 heterocycles. The Morgan fingerprint density at radius 1 is 1.00 bits per heavy atom. The highest BCUT2D eigenvalue weighted by atomic mass is 32.2. The van der Waals surface area contributed by atoms with Crippen molar-refractivity contribution in [2.45, 2.75) is 11.8 Å². The Bertz CT molecular complexity index is 1280. The molecule has 0 radical (unpaired) electrons. The van der Waals surface area contributed by atoms with Gasteiger partial charge in [0.2, 0.25) is 10.0 Å². The summed E-state index contributed by atoms with van der Waals surface area (Å²) in [4.78, 5) is 7.89. The van der Waals surface area contributed by atoms with E-state index in [9.17, 15) is 8.42 Å². The molecule has 5 rings (SSSR count). The van der Waals surface area contributed by atoms with Crippen molar-refractivity contribution in [3.63, 3.8) is 0 Å². The van der Waals surface area contributed by atoms with Crippen molar-refractivity contribution in [2.24, 2.45) is 0 Å². The molecule has 0 N–H and O–H groups in total. The summed E-state index contributed by atoms with van der Waals surface area (Å²) in [5, 5.41) is 11.6. The maximum absolute atomic E-state index is 13.1. The van der Waals surface area contributed by atoms with E-state index in [0.29, 0.717) is 31.1 Å². The number of anilines is 1. The second-order valence-electron chi connectivity index (χ2n) is 7.01. The molecular formula is C20H19N5O2S3. The molecule has 1 aromatic carbocycles. The van der Waals surface area contributed by atoms with E-state index >= 15 is 0 Å². The Kier molecular flexibility index (Phi) is 5.02. The number of aromatic nitrogens is 3. The SMILES string of the molecule is Cc1nc2ccc(S(=O)(=O)N3CCN(c4ccc(-c5cccs5)nn4)CC3)cc2s1. The maximum Gasteiger partial charge on any atom is 0.243 e. The smallest absolute Gasteiger partial charge is 0.243 e. The standard InChI is InChI=1S/C20H19N5O2S3/c1-14-21-16-5-4-15(13-19(16)29-14)30(26,27)25-10-8-24(9-11-25)20-7-6-17(22-23-20)18-3-2-12-28-18/h2-7,12-13H,8-11H2,1H3. The number of sulfonamides is 1. The topological polar surface area (TPSA) is 79.3 Å². The summed E-state index contributed by atoms with van der Waals surface area (Å²) in [5.41, 5.74) is 1.69. The van der Waals surface area contributed by atoms with Crippen LogP contribution in [0.5, 0.6) is 0 Å². The lowest BCUT2D eigenvalue weighted by atomic mass is 10.3. The molecule has 154 valence electrons. The average Bonchev–Trinajstić information content (AvgIpc) is 3.42. The lowest BCUT2D eigenvalue weighted by Gasteiger charge is -2.34. The molecule has 30 heavy (non-hydrogen) atoms. The summed E-state index contributed by atoms with van der Waals surface area (Å²) in [5.74, 6) is 0.772. The fraction of sp³-hybridized carbons (Fsp3) is 0.250. The van der Waals surface area contributed by atoms with Gasteiger partial charge in [0.05, 0.1) is 25.0 Å². The minimum absolute atomic E-state index is 0.326. The first-order valence-electron chi connectivity index (χ1n) is 9.51. The fourth-order valence-electron chi connectivity index (χ4n) is 3.54. The molecule has 1 fully saturated rings. The van der Waals surface area contributed by atoms with Gasteiger partial charge in [-0.25, -0.2) is 13.4 Å². The normalized spacial score (nSPS) is 15.7. The van der Waals surface area contributed by atoms with E-state index in [1.165, 1.54) is 11.3 Å². The maximum atomic E-state index is 13.1. The number of aryl methyl sites for hydroxylation is 1. The van der Waals surface area contributed by atoms with E-state index in [1.807, 2.05) is 36.6 Å². The number of thiazole rings is 1. The van der Waals surface area contributed by atoms with Crippen LogP contribution in [0.1, 0.15) is 5.01 Å². The van der Waals surface area contributed by atoms with Crippen LogP contribution in [0.2, 0.25) is 0 Å². The van der Waals surface area contributed by atoms with Crippen molar-refractivity contribution in [1.29, 1.82) is 0 Å². The van der Waals surface area contributed by atoms with Crippen molar-refractivity contribution >= 4 is 48.7 Å². The van der Waals surface area contributed by atoms with Crippen LogP contribution in [0.3, 0.4) is 0 Å². The minimum Gasteiger partial charge on any atom is -0.352 e. The Labute approximate surface area is 182 Å². The Balaban J connectivity index is 1.29. The Hall–Kier alpha value is -2.40. The lowest BCUT2D eigenvalue weighted by molar-refractivity contribution is 0.383. The Morgan fingerprint density at radius 2 is 1.83 bits per heavy atom. The first-order chi connectivity index (χ1) is 14.5. The predicted octanol–water partition coefficient (Wildman–Crippen LogP) is 3.63. The molecule has 0 spiro atoms. The van der Waals surface area contributed by atoms with E-state index in [-0.39, 0.29) is 0 Å². The lowest BCUT2D eigenvalue weighted by Crippen LogP contribution is -2.48. The molecule has 1 aliphatic heterocycles. The molecular weight excluding hydrogens is 438 g/mol. The largest absolute Gasteiger partial charge is 0.352 e. The van der Waals surface area contributed by atoms with Crippen molar-refractivity contribution < 1.29 is 8.42 Å². The van der Waals surface area contributed by atoms with E-state index in [2.05, 4.69) is 20.1 Å². The highest BCUT2D eigenvalue weighted by molar-refractivity contribution is 7.89. The summed E-state index contributed by atoms with van der Waals surface area (Å²) in [6.45, 7) is 3.91. The zero-order valence-corrected chi connectivity index (χ0v) is 18.7. The zero-order valence-electron chi connectivity index (χ0n) is 16.2. The van der Waals surface area contributed by atoms with Crippen LogP contribution in [0, 0.1) is 6.92 Å². The third-order valence-corrected chi connectivity index (χ3v) is 8.81. The summed E-state index contributed by atoms with van der Waals surface area (Å²) in [6, 6.07) is 13.1. The highest BCUT2D eigenvalue weighted by Gasteiger charge is 2.29. The van der Waals surface area contributed by atoms with E-state index in [4.69, 9.17) is 0 Å². The second-order valence-corrected chi connectivity index (χ2v) is 11.1. The zero-order chi connectivity index (χ0) is 20.7. The van der Waals surface area contributed by atoms with Crippen LogP contribution in [-0.4, -0.2) is 54.1 Å². The number of rotatable bonds is 4. The molecule has 7 nitrogen and oxygen atoms in total. The van der Waals surface area contributed by atoms with Crippen molar-refractivity contribution in [3.05, 3.63) is 52.9 Å². The van der Waals surface area contributed by atoms with Crippen molar-refractivity contribution in [2.75, 3.05) is 31.1 Å². The third kappa shape index (κ3) is 3.60. The van der Waals surface area contributed by atoms with Crippen LogP contribution in [0.25, 0.3) is 20.8 Å². The van der Waals surface area contributed by atoms with Gasteiger partial charge in [-0.05, 0) is 48.7 Å². The number of fused-ring (bicyclic) bond motifs is 1. The van der Waals surface area contributed by atoms with Crippen molar-refractivity contribution in [1.82, 2.24) is 19.5 Å². The first kappa shape index (κ1) is 19.6. The molecule has 0 bridgehead atoms. The van der Waals surface area contributed by atoms with Gasteiger partial charge in [-0.3, -0.25) is 0 Å². The van der Waals surface area contributed by atoms with E-state index < -0.39 is 10.0 Å². The number of piperazine rings is 1. The first-order valence-corrected chi connectivity index (χ1v) is 12.6. The molecule has 0 saturated carbocycles. The van der Waals surface area contributed by atoms with Gasteiger partial charge in [0.15, 0.2) is 5.82 Å². The van der Waals surface area contributed by atoms with Crippen LogP contribution < -0.4 is 4.90 Å². The van der Waals surface area contributed by atoms with Crippen molar-refractivity contribution in [3.8, 4) is 10.6 Å². The van der Waals surface area contributed by atoms with Gasteiger partial charge in [-0.15, -0.1) is 32.9 Å². The molecule has 4 aromatic rings. The minimum atomic E-state index is -3.54. The number of hydrogen-bond acceptors (Lipinski definition) is 8. The highest BCUT2D eigenvalue weighted by Crippen LogP contribution is 2.27. The van der Waals surface area contributed by atoms with E-state index in [1.54, 1.807) is 33.8 Å². The molecule has 0 unspecified atom stereocenters. The number of benzene rings is 1. The summed E-state index contributed by atoms with van der Waals surface area (Å²) < 4.78 is 28.7. The molecule has 3 aromatic heterocycles. The molecule has 0 amide bonds. The van der Waals surface area contributed by atoms with Gasteiger partial charge in [-0.2, -0.15) is 4.31 Å².